The van der Waals surface area contributed by atoms with Crippen LogP contribution in [0.1, 0.15) is 0 Å². The maximum absolute atomic E-state index is 8.49. The molecule has 1 aromatic carbocycles. The summed E-state index contributed by atoms with van der Waals surface area (Å²) in [6, 6.07) is 8.12. The van der Waals surface area contributed by atoms with E-state index >= 15 is 0 Å². The van der Waals surface area contributed by atoms with Crippen molar-refractivity contribution in [1.29, 1.82) is 0 Å². The number of hydrogen-bond acceptors (Lipinski definition) is 4. The Morgan fingerprint density at radius 3 is 2.21 bits per heavy atom. The molecule has 1 heterocycles. The van der Waals surface area contributed by atoms with Crippen LogP contribution >= 0.6 is 0 Å². The summed E-state index contributed by atoms with van der Waals surface area (Å²) in [7, 11) is -4.94. The molecule has 2 aromatic rings. The Kier molecular flexibility index (Phi) is 3.39. The van der Waals surface area contributed by atoms with Gasteiger partial charge in [0.15, 0.2) is 0 Å². The molecule has 0 saturated carbocycles. The second kappa shape index (κ2) is 4.36. The van der Waals surface area contributed by atoms with E-state index < -0.39 is 10.2 Å². The number of para-hydroxylation sites is 1. The van der Waals surface area contributed by atoms with Crippen LogP contribution in [-0.2, 0) is 0 Å². The van der Waals surface area contributed by atoms with E-state index in [9.17, 15) is 0 Å². The van der Waals surface area contributed by atoms with Gasteiger partial charge in [0.2, 0.25) is 6.20 Å². The standard InChI is InChI=1S/C7H6N2.ClHO4/c1-2-4-7-6(3-1)5-8-9-7;2-1(3,4)5/h1-5H,(H,8,9);(H,2,3,4,5). The summed E-state index contributed by atoms with van der Waals surface area (Å²) in [4.78, 5) is 0. The van der Waals surface area contributed by atoms with Crippen molar-refractivity contribution in [3.63, 3.8) is 0 Å². The number of halogens is 1. The van der Waals surface area contributed by atoms with Crippen LogP contribution in [0.4, 0.5) is 0 Å². The molecular weight excluding hydrogens is 212 g/mol. The number of fused-ring (bicyclic) bond motifs is 1. The number of nitrogens with one attached hydrogen (secondary N) is 2. The highest BCUT2D eigenvalue weighted by Gasteiger charge is 1.93. The van der Waals surface area contributed by atoms with Crippen LogP contribution in [0.5, 0.6) is 0 Å². The molecule has 0 fully saturated rings. The third kappa shape index (κ3) is 4.17. The van der Waals surface area contributed by atoms with Gasteiger partial charge in [0.05, 0.1) is 5.39 Å². The SMILES string of the molecule is [O-][Cl+3]([O-])([O-])[O-].c1ccc2[nH][nH+]cc2c1. The smallest absolute Gasteiger partial charge is 0.200 e. The summed E-state index contributed by atoms with van der Waals surface area (Å²) in [5.41, 5.74) is 1.15. The average molecular weight is 219 g/mol. The second-order valence-electron chi connectivity index (χ2n) is 2.38. The highest BCUT2D eigenvalue weighted by Crippen LogP contribution is 2.05. The quantitative estimate of drug-likeness (QED) is 0.488. The fraction of sp³-hybridized carbons (Fsp3) is 0. The Morgan fingerprint density at radius 1 is 1.07 bits per heavy atom. The molecule has 0 amide bonds. The third-order valence-corrected chi connectivity index (χ3v) is 1.40. The summed E-state index contributed by atoms with van der Waals surface area (Å²) < 4.78 is 34.0. The molecule has 0 aliphatic heterocycles. The zero-order valence-corrected chi connectivity index (χ0v) is 7.65. The van der Waals surface area contributed by atoms with Crippen LogP contribution < -0.4 is 23.7 Å². The van der Waals surface area contributed by atoms with Gasteiger partial charge in [-0.15, -0.1) is 15.3 Å². The van der Waals surface area contributed by atoms with Crippen molar-refractivity contribution in [2.75, 3.05) is 0 Å². The molecule has 0 aliphatic carbocycles. The van der Waals surface area contributed by atoms with Crippen LogP contribution in [0, 0.1) is 10.2 Å². The first kappa shape index (κ1) is 10.9. The number of benzene rings is 1. The Balaban J connectivity index is 0.000000171. The minimum Gasteiger partial charge on any atom is -0.222 e. The van der Waals surface area contributed by atoms with Gasteiger partial charge in [-0.25, -0.2) is 18.6 Å². The summed E-state index contributed by atoms with van der Waals surface area (Å²) in [5, 5.41) is 7.13. The van der Waals surface area contributed by atoms with Gasteiger partial charge in [-0.05, 0) is 12.1 Å². The lowest BCUT2D eigenvalue weighted by Gasteiger charge is -2.17. The summed E-state index contributed by atoms with van der Waals surface area (Å²) in [6.45, 7) is 0. The van der Waals surface area contributed by atoms with Crippen molar-refractivity contribution >= 4 is 10.9 Å². The predicted octanol–water partition coefficient (Wildman–Crippen LogP) is -3.77. The van der Waals surface area contributed by atoms with Crippen molar-refractivity contribution in [2.24, 2.45) is 0 Å². The minimum atomic E-state index is -4.94. The van der Waals surface area contributed by atoms with Crippen molar-refractivity contribution in [3.05, 3.63) is 30.5 Å². The van der Waals surface area contributed by atoms with E-state index in [2.05, 4.69) is 16.3 Å². The monoisotopic (exact) mass is 218 g/mol. The second-order valence-corrected chi connectivity index (χ2v) is 3.13. The third-order valence-electron chi connectivity index (χ3n) is 1.40. The van der Waals surface area contributed by atoms with Crippen LogP contribution in [0.25, 0.3) is 10.9 Å². The molecule has 0 aliphatic rings. The number of aromatic amines is 2. The molecular formula is C7H7ClN2O4. The van der Waals surface area contributed by atoms with E-state index in [1.807, 2.05) is 24.4 Å². The Bertz CT molecular complexity index is 361. The molecule has 1 aromatic heterocycles. The number of hydrogen-bond donors (Lipinski definition) is 1. The Labute approximate surface area is 81.2 Å². The van der Waals surface area contributed by atoms with Crippen LogP contribution in [0.3, 0.4) is 0 Å². The van der Waals surface area contributed by atoms with Gasteiger partial charge in [-0.1, -0.05) is 12.1 Å². The fourth-order valence-corrected chi connectivity index (χ4v) is 0.928. The van der Waals surface area contributed by atoms with E-state index in [0.29, 0.717) is 0 Å². The van der Waals surface area contributed by atoms with Crippen molar-refractivity contribution in [3.8, 4) is 0 Å². The Hall–Kier alpha value is -1.18. The van der Waals surface area contributed by atoms with Gasteiger partial charge in [0.25, 0.3) is 0 Å². The van der Waals surface area contributed by atoms with E-state index in [0.717, 1.165) is 5.52 Å². The molecule has 14 heavy (non-hydrogen) atoms. The first-order valence-electron chi connectivity index (χ1n) is 3.52. The molecule has 0 atom stereocenters. The summed E-state index contributed by atoms with van der Waals surface area (Å²) in [6.07, 6.45) is 1.94. The molecule has 0 radical (unpaired) electrons. The maximum Gasteiger partial charge on any atom is 0.200 e. The first-order valence-corrected chi connectivity index (χ1v) is 4.76. The minimum absolute atomic E-state index is 1.15. The zero-order valence-electron chi connectivity index (χ0n) is 6.90. The highest BCUT2D eigenvalue weighted by molar-refractivity contribution is 5.76. The molecule has 0 saturated heterocycles. The molecule has 0 spiro atoms. The van der Waals surface area contributed by atoms with Gasteiger partial charge < -0.3 is 0 Å². The van der Waals surface area contributed by atoms with Crippen LogP contribution in [0.2, 0.25) is 0 Å². The molecule has 0 bridgehead atoms. The lowest BCUT2D eigenvalue weighted by molar-refractivity contribution is -2.00. The number of H-pyrrole nitrogens is 2. The molecule has 6 nitrogen and oxygen atoms in total. The normalized spacial score (nSPS) is 10.9. The molecule has 2 rings (SSSR count). The predicted molar refractivity (Wildman–Crippen MR) is 34.9 cm³/mol. The van der Waals surface area contributed by atoms with Crippen molar-refractivity contribution in [2.45, 2.75) is 0 Å². The lowest BCUT2D eigenvalue weighted by atomic mass is 10.3. The topological polar surface area (TPSA) is 122 Å². The van der Waals surface area contributed by atoms with Crippen molar-refractivity contribution < 1.29 is 34.0 Å². The number of aromatic nitrogens is 2. The molecule has 2 N–H and O–H groups in total. The molecule has 7 heteroatoms. The largest absolute Gasteiger partial charge is 0.222 e. The maximum atomic E-state index is 8.49. The first-order chi connectivity index (χ1) is 6.47. The van der Waals surface area contributed by atoms with Gasteiger partial charge in [0.1, 0.15) is 5.52 Å². The van der Waals surface area contributed by atoms with Gasteiger partial charge in [-0.2, -0.15) is 5.10 Å². The van der Waals surface area contributed by atoms with E-state index in [-0.39, 0.29) is 0 Å². The summed E-state index contributed by atoms with van der Waals surface area (Å²) >= 11 is 0. The highest BCUT2D eigenvalue weighted by atomic mass is 35.7. The molecule has 0 unspecified atom stereocenters. The van der Waals surface area contributed by atoms with Crippen LogP contribution in [-0.4, -0.2) is 5.10 Å². The Morgan fingerprint density at radius 2 is 1.64 bits per heavy atom. The van der Waals surface area contributed by atoms with Gasteiger partial charge in [-0.3, -0.25) is 0 Å². The van der Waals surface area contributed by atoms with Crippen molar-refractivity contribution in [1.82, 2.24) is 5.10 Å². The van der Waals surface area contributed by atoms with E-state index in [4.69, 9.17) is 18.6 Å². The van der Waals surface area contributed by atoms with E-state index in [1.54, 1.807) is 0 Å². The number of rotatable bonds is 0. The van der Waals surface area contributed by atoms with E-state index in [1.165, 1.54) is 5.39 Å². The zero-order chi connectivity index (χ0) is 10.6. The van der Waals surface area contributed by atoms with Gasteiger partial charge in [0, 0.05) is 0 Å². The lowest BCUT2D eigenvalue weighted by Crippen LogP contribution is -2.68. The fourth-order valence-electron chi connectivity index (χ4n) is 0.928. The average Bonchev–Trinajstić information content (AvgIpc) is 2.47. The van der Waals surface area contributed by atoms with Crippen LogP contribution in [0.15, 0.2) is 30.5 Å². The molecule has 76 valence electrons. The summed E-state index contributed by atoms with van der Waals surface area (Å²) in [5.74, 6) is 0. The van der Waals surface area contributed by atoms with Gasteiger partial charge >= 0.3 is 0 Å².